The van der Waals surface area contributed by atoms with Crippen molar-refractivity contribution in [2.45, 2.75) is 20.3 Å². The fourth-order valence-electron chi connectivity index (χ4n) is 1.38. The molecular weight excluding hydrogens is 178 g/mol. The third kappa shape index (κ3) is 2.28. The zero-order chi connectivity index (χ0) is 10.6. The number of hydrogen-bond donors (Lipinski definition) is 2. The van der Waals surface area contributed by atoms with E-state index in [4.69, 9.17) is 5.73 Å². The summed E-state index contributed by atoms with van der Waals surface area (Å²) in [6.07, 6.45) is 2.60. The van der Waals surface area contributed by atoms with Crippen LogP contribution in [0, 0.1) is 0 Å². The van der Waals surface area contributed by atoms with Crippen LogP contribution in [0.15, 0.2) is 12.3 Å². The summed E-state index contributed by atoms with van der Waals surface area (Å²) < 4.78 is 0. The number of aromatic nitrogens is 1. The zero-order valence-electron chi connectivity index (χ0n) is 8.71. The number of nitrogens with zero attached hydrogens (tertiary/aromatic N) is 1. The molecule has 0 aromatic carbocycles. The van der Waals surface area contributed by atoms with Gasteiger partial charge in [0.2, 0.25) is 0 Å². The van der Waals surface area contributed by atoms with Crippen molar-refractivity contribution in [1.29, 1.82) is 0 Å². The highest BCUT2D eigenvalue weighted by molar-refractivity contribution is 5.93. The van der Waals surface area contributed by atoms with Gasteiger partial charge in [-0.05, 0) is 19.4 Å². The van der Waals surface area contributed by atoms with E-state index < -0.39 is 0 Å². The van der Waals surface area contributed by atoms with Crippen LogP contribution in [0.25, 0.3) is 0 Å². The molecule has 0 saturated carbocycles. The smallest absolute Gasteiger partial charge is 0.270 e. The summed E-state index contributed by atoms with van der Waals surface area (Å²) in [4.78, 5) is 16.5. The number of aromatic amines is 1. The van der Waals surface area contributed by atoms with Gasteiger partial charge >= 0.3 is 0 Å². The molecule has 1 aromatic heterocycles. The maximum atomic E-state index is 11.8. The lowest BCUT2D eigenvalue weighted by Gasteiger charge is -2.18. The molecule has 0 unspecified atom stereocenters. The Labute approximate surface area is 84.1 Å². The molecule has 1 amide bonds. The molecule has 0 fully saturated rings. The minimum absolute atomic E-state index is 0.0195. The second-order valence-electron chi connectivity index (χ2n) is 3.23. The van der Waals surface area contributed by atoms with Crippen molar-refractivity contribution < 1.29 is 4.79 Å². The van der Waals surface area contributed by atoms with Crippen molar-refractivity contribution in [3.05, 3.63) is 18.0 Å². The number of rotatable bonds is 4. The molecule has 78 valence electrons. The van der Waals surface area contributed by atoms with Gasteiger partial charge in [0.15, 0.2) is 0 Å². The second-order valence-corrected chi connectivity index (χ2v) is 3.23. The van der Waals surface area contributed by atoms with Gasteiger partial charge in [-0.15, -0.1) is 0 Å². The van der Waals surface area contributed by atoms with Crippen LogP contribution in [-0.4, -0.2) is 28.9 Å². The molecule has 0 saturated heterocycles. The Morgan fingerprint density at radius 2 is 2.29 bits per heavy atom. The van der Waals surface area contributed by atoms with E-state index in [1.54, 1.807) is 17.2 Å². The first-order valence-corrected chi connectivity index (χ1v) is 4.92. The first-order valence-electron chi connectivity index (χ1n) is 4.92. The van der Waals surface area contributed by atoms with E-state index in [-0.39, 0.29) is 5.91 Å². The van der Waals surface area contributed by atoms with Gasteiger partial charge in [-0.25, -0.2) is 0 Å². The Hall–Kier alpha value is -1.45. The summed E-state index contributed by atoms with van der Waals surface area (Å²) in [5, 5.41) is 0. The molecule has 0 radical (unpaired) electrons. The number of anilines is 1. The SMILES string of the molecule is CCCN(CC)C(=O)c1cc(N)c[nH]1. The highest BCUT2D eigenvalue weighted by Crippen LogP contribution is 2.08. The average molecular weight is 195 g/mol. The van der Waals surface area contributed by atoms with Crippen LogP contribution < -0.4 is 5.73 Å². The molecule has 0 aliphatic heterocycles. The van der Waals surface area contributed by atoms with Crippen molar-refractivity contribution in [3.8, 4) is 0 Å². The van der Waals surface area contributed by atoms with Crippen LogP contribution in [0.3, 0.4) is 0 Å². The number of carbonyl (C=O) groups excluding carboxylic acids is 1. The van der Waals surface area contributed by atoms with Gasteiger partial charge in [0.1, 0.15) is 5.69 Å². The molecule has 4 heteroatoms. The zero-order valence-corrected chi connectivity index (χ0v) is 8.71. The minimum atomic E-state index is 0.0195. The fourth-order valence-corrected chi connectivity index (χ4v) is 1.38. The molecule has 1 rings (SSSR count). The average Bonchev–Trinajstić information content (AvgIpc) is 2.60. The van der Waals surface area contributed by atoms with Gasteiger partial charge in [-0.2, -0.15) is 0 Å². The largest absolute Gasteiger partial charge is 0.397 e. The first kappa shape index (κ1) is 10.6. The Morgan fingerprint density at radius 3 is 2.71 bits per heavy atom. The van der Waals surface area contributed by atoms with E-state index in [0.29, 0.717) is 11.4 Å². The number of hydrogen-bond acceptors (Lipinski definition) is 2. The normalized spacial score (nSPS) is 10.1. The summed E-state index contributed by atoms with van der Waals surface area (Å²) in [7, 11) is 0. The lowest BCUT2D eigenvalue weighted by molar-refractivity contribution is 0.0759. The van der Waals surface area contributed by atoms with Crippen LogP contribution in [0.4, 0.5) is 5.69 Å². The molecular formula is C10H17N3O. The van der Waals surface area contributed by atoms with Crippen LogP contribution >= 0.6 is 0 Å². The van der Waals surface area contributed by atoms with E-state index in [9.17, 15) is 4.79 Å². The molecule has 4 nitrogen and oxygen atoms in total. The lowest BCUT2D eigenvalue weighted by atomic mass is 10.3. The summed E-state index contributed by atoms with van der Waals surface area (Å²) in [6.45, 7) is 5.54. The summed E-state index contributed by atoms with van der Waals surface area (Å²) in [5.74, 6) is 0.0195. The molecule has 14 heavy (non-hydrogen) atoms. The highest BCUT2D eigenvalue weighted by atomic mass is 16.2. The van der Waals surface area contributed by atoms with E-state index >= 15 is 0 Å². The monoisotopic (exact) mass is 195 g/mol. The van der Waals surface area contributed by atoms with Crippen molar-refractivity contribution >= 4 is 11.6 Å². The van der Waals surface area contributed by atoms with Gasteiger partial charge in [-0.1, -0.05) is 6.92 Å². The predicted molar refractivity (Wildman–Crippen MR) is 57.1 cm³/mol. The van der Waals surface area contributed by atoms with Crippen molar-refractivity contribution in [2.24, 2.45) is 0 Å². The molecule has 1 aromatic rings. The quantitative estimate of drug-likeness (QED) is 0.764. The van der Waals surface area contributed by atoms with Crippen molar-refractivity contribution in [3.63, 3.8) is 0 Å². The third-order valence-corrected chi connectivity index (χ3v) is 2.10. The number of nitrogen functional groups attached to an aromatic ring is 1. The standard InChI is InChI=1S/C10H17N3O/c1-3-5-13(4-2)10(14)9-6-8(11)7-12-9/h6-7,12H,3-5,11H2,1-2H3. The molecule has 0 spiro atoms. The topological polar surface area (TPSA) is 62.1 Å². The molecule has 0 aliphatic rings. The summed E-state index contributed by atoms with van der Waals surface area (Å²) >= 11 is 0. The van der Waals surface area contributed by atoms with E-state index in [2.05, 4.69) is 11.9 Å². The fraction of sp³-hybridized carbons (Fsp3) is 0.500. The van der Waals surface area contributed by atoms with Crippen molar-refractivity contribution in [1.82, 2.24) is 9.88 Å². The number of carbonyl (C=O) groups is 1. The Bertz CT molecular complexity index is 306. The Balaban J connectivity index is 2.72. The van der Waals surface area contributed by atoms with E-state index in [1.807, 2.05) is 6.92 Å². The molecule has 0 atom stereocenters. The van der Waals surface area contributed by atoms with E-state index in [1.165, 1.54) is 0 Å². The number of nitrogens with two attached hydrogens (primary N) is 1. The van der Waals surface area contributed by atoms with Gasteiger partial charge in [0.05, 0.1) is 0 Å². The van der Waals surface area contributed by atoms with Gasteiger partial charge in [0.25, 0.3) is 5.91 Å². The molecule has 3 N–H and O–H groups in total. The maximum Gasteiger partial charge on any atom is 0.270 e. The molecule has 1 heterocycles. The lowest BCUT2D eigenvalue weighted by Crippen LogP contribution is -2.31. The predicted octanol–water partition coefficient (Wildman–Crippen LogP) is 1.47. The maximum absolute atomic E-state index is 11.8. The van der Waals surface area contributed by atoms with Crippen LogP contribution in [-0.2, 0) is 0 Å². The Morgan fingerprint density at radius 1 is 1.57 bits per heavy atom. The number of nitrogens with one attached hydrogen (secondary N) is 1. The van der Waals surface area contributed by atoms with Crippen LogP contribution in [0.1, 0.15) is 30.8 Å². The summed E-state index contributed by atoms with van der Waals surface area (Å²) in [5.41, 5.74) is 6.70. The van der Waals surface area contributed by atoms with Crippen LogP contribution in [0.5, 0.6) is 0 Å². The number of H-pyrrole nitrogens is 1. The summed E-state index contributed by atoms with van der Waals surface area (Å²) in [6, 6.07) is 1.67. The van der Waals surface area contributed by atoms with Crippen LogP contribution in [0.2, 0.25) is 0 Å². The Kier molecular flexibility index (Phi) is 3.56. The third-order valence-electron chi connectivity index (χ3n) is 2.10. The van der Waals surface area contributed by atoms with E-state index in [0.717, 1.165) is 19.5 Å². The number of amides is 1. The molecule has 0 bridgehead atoms. The second kappa shape index (κ2) is 4.69. The highest BCUT2D eigenvalue weighted by Gasteiger charge is 2.14. The van der Waals surface area contributed by atoms with Crippen molar-refractivity contribution in [2.75, 3.05) is 18.8 Å². The van der Waals surface area contributed by atoms with Gasteiger partial charge in [0, 0.05) is 25.0 Å². The van der Waals surface area contributed by atoms with Gasteiger partial charge < -0.3 is 15.6 Å². The first-order chi connectivity index (χ1) is 6.69. The van der Waals surface area contributed by atoms with Gasteiger partial charge in [-0.3, -0.25) is 4.79 Å². The minimum Gasteiger partial charge on any atom is -0.397 e. The molecule has 0 aliphatic carbocycles.